The lowest BCUT2D eigenvalue weighted by Gasteiger charge is -2.19. The van der Waals surface area contributed by atoms with E-state index < -0.39 is 28.0 Å². The van der Waals surface area contributed by atoms with E-state index in [0.717, 1.165) is 12.1 Å². The minimum absolute atomic E-state index is 0.135. The van der Waals surface area contributed by atoms with E-state index in [1.54, 1.807) is 20.8 Å². The Morgan fingerprint density at radius 1 is 1.44 bits per heavy atom. The summed E-state index contributed by atoms with van der Waals surface area (Å²) >= 11 is 0. The number of carbonyl (C=O) groups is 1. The summed E-state index contributed by atoms with van der Waals surface area (Å²) in [6.45, 7) is 5.10. The van der Waals surface area contributed by atoms with Gasteiger partial charge in [-0.25, -0.2) is 4.39 Å². The van der Waals surface area contributed by atoms with Crippen LogP contribution in [0, 0.1) is 15.9 Å². The Balaban J connectivity index is 2.91. The summed E-state index contributed by atoms with van der Waals surface area (Å²) in [6, 6.07) is 3.09. The molecular formula is C12H14FNO4. The van der Waals surface area contributed by atoms with Crippen molar-refractivity contribution < 1.29 is 18.8 Å². The molecule has 0 aliphatic rings. The molecule has 6 heteroatoms. The quantitative estimate of drug-likeness (QED) is 0.473. The van der Waals surface area contributed by atoms with Crippen molar-refractivity contribution >= 4 is 11.7 Å². The molecular weight excluding hydrogens is 241 g/mol. The molecule has 0 heterocycles. The standard InChI is InChI=1S/C12H14FNO4/c1-12(2,3)18-11(15)6-8-4-5-9(13)7-10(8)14(16)17/h4-5,7H,6H2,1-3H3. The lowest BCUT2D eigenvalue weighted by molar-refractivity contribution is -0.385. The lowest BCUT2D eigenvalue weighted by atomic mass is 10.1. The predicted octanol–water partition coefficient (Wildman–Crippen LogP) is 2.62. The van der Waals surface area contributed by atoms with Crippen molar-refractivity contribution in [3.8, 4) is 0 Å². The first-order valence-corrected chi connectivity index (χ1v) is 5.34. The summed E-state index contributed by atoms with van der Waals surface area (Å²) in [5, 5.41) is 10.7. The van der Waals surface area contributed by atoms with E-state index in [2.05, 4.69) is 0 Å². The van der Waals surface area contributed by atoms with E-state index in [1.165, 1.54) is 6.07 Å². The largest absolute Gasteiger partial charge is 0.460 e. The van der Waals surface area contributed by atoms with Crippen LogP contribution in [0.1, 0.15) is 26.3 Å². The molecule has 0 N–H and O–H groups in total. The molecule has 0 atom stereocenters. The lowest BCUT2D eigenvalue weighted by Crippen LogP contribution is -2.25. The number of rotatable bonds is 3. The first-order valence-electron chi connectivity index (χ1n) is 5.34. The van der Waals surface area contributed by atoms with Gasteiger partial charge in [-0.1, -0.05) is 0 Å². The molecule has 0 saturated heterocycles. The molecule has 0 radical (unpaired) electrons. The fourth-order valence-electron chi connectivity index (χ4n) is 1.39. The van der Waals surface area contributed by atoms with Crippen LogP contribution in [0.2, 0.25) is 0 Å². The second-order valence-electron chi connectivity index (χ2n) is 4.79. The zero-order chi connectivity index (χ0) is 13.9. The molecule has 0 aliphatic heterocycles. The smallest absolute Gasteiger partial charge is 0.311 e. The molecule has 0 fully saturated rings. The second-order valence-corrected chi connectivity index (χ2v) is 4.79. The Morgan fingerprint density at radius 3 is 2.56 bits per heavy atom. The summed E-state index contributed by atoms with van der Waals surface area (Å²) < 4.78 is 17.9. The van der Waals surface area contributed by atoms with E-state index in [9.17, 15) is 19.3 Å². The van der Waals surface area contributed by atoms with Gasteiger partial charge >= 0.3 is 5.97 Å². The van der Waals surface area contributed by atoms with Crippen LogP contribution in [0.15, 0.2) is 18.2 Å². The van der Waals surface area contributed by atoms with E-state index in [1.807, 2.05) is 0 Å². The highest BCUT2D eigenvalue weighted by molar-refractivity contribution is 5.74. The average molecular weight is 255 g/mol. The number of esters is 1. The number of halogens is 1. The maximum absolute atomic E-state index is 12.9. The van der Waals surface area contributed by atoms with Gasteiger partial charge < -0.3 is 4.74 Å². The maximum Gasteiger partial charge on any atom is 0.311 e. The topological polar surface area (TPSA) is 69.4 Å². The second kappa shape index (κ2) is 5.12. The SMILES string of the molecule is CC(C)(C)OC(=O)Cc1ccc(F)cc1[N+](=O)[O-]. The minimum Gasteiger partial charge on any atom is -0.460 e. The molecule has 0 spiro atoms. The first-order chi connectivity index (χ1) is 8.19. The number of carbonyl (C=O) groups excluding carboxylic acids is 1. The van der Waals surface area contributed by atoms with Gasteiger partial charge in [-0.2, -0.15) is 0 Å². The highest BCUT2D eigenvalue weighted by Gasteiger charge is 2.21. The van der Waals surface area contributed by atoms with E-state index in [0.29, 0.717) is 0 Å². The molecule has 5 nitrogen and oxygen atoms in total. The van der Waals surface area contributed by atoms with Crippen LogP contribution in [0.4, 0.5) is 10.1 Å². The molecule has 1 aromatic carbocycles. The van der Waals surface area contributed by atoms with Crippen LogP contribution in [0.5, 0.6) is 0 Å². The van der Waals surface area contributed by atoms with E-state index in [-0.39, 0.29) is 12.0 Å². The molecule has 0 saturated carbocycles. The number of nitro benzene ring substituents is 1. The Hall–Kier alpha value is -1.98. The number of ether oxygens (including phenoxy) is 1. The van der Waals surface area contributed by atoms with Crippen molar-refractivity contribution in [1.82, 2.24) is 0 Å². The van der Waals surface area contributed by atoms with Gasteiger partial charge in [-0.3, -0.25) is 14.9 Å². The van der Waals surface area contributed by atoms with Gasteiger partial charge in [0, 0.05) is 5.56 Å². The van der Waals surface area contributed by atoms with Crippen LogP contribution in [0.25, 0.3) is 0 Å². The Labute approximate surface area is 104 Å². The van der Waals surface area contributed by atoms with Crippen molar-refractivity contribution in [2.75, 3.05) is 0 Å². The molecule has 1 rings (SSSR count). The minimum atomic E-state index is -0.719. The number of nitrogens with zero attached hydrogens (tertiary/aromatic N) is 1. The van der Waals surface area contributed by atoms with Crippen LogP contribution in [0.3, 0.4) is 0 Å². The highest BCUT2D eigenvalue weighted by atomic mass is 19.1. The van der Waals surface area contributed by atoms with Gasteiger partial charge in [-0.15, -0.1) is 0 Å². The monoisotopic (exact) mass is 255 g/mol. The van der Waals surface area contributed by atoms with Gasteiger partial charge in [0.05, 0.1) is 17.4 Å². The molecule has 18 heavy (non-hydrogen) atoms. The van der Waals surface area contributed by atoms with Gasteiger partial charge in [0.25, 0.3) is 5.69 Å². The highest BCUT2D eigenvalue weighted by Crippen LogP contribution is 2.21. The summed E-state index contributed by atoms with van der Waals surface area (Å²) in [5.74, 6) is -1.30. The number of hydrogen-bond donors (Lipinski definition) is 0. The number of benzene rings is 1. The molecule has 0 aliphatic carbocycles. The van der Waals surface area contributed by atoms with Crippen molar-refractivity contribution in [3.63, 3.8) is 0 Å². The van der Waals surface area contributed by atoms with Gasteiger partial charge in [0.15, 0.2) is 0 Å². The average Bonchev–Trinajstić information content (AvgIpc) is 2.17. The van der Waals surface area contributed by atoms with Crippen molar-refractivity contribution in [1.29, 1.82) is 0 Å². The van der Waals surface area contributed by atoms with Crippen LogP contribution in [-0.2, 0) is 16.0 Å². The fourth-order valence-corrected chi connectivity index (χ4v) is 1.39. The third kappa shape index (κ3) is 4.12. The number of nitro groups is 1. The molecule has 1 aromatic rings. The van der Waals surface area contributed by atoms with E-state index in [4.69, 9.17) is 4.74 Å². The predicted molar refractivity (Wildman–Crippen MR) is 62.6 cm³/mol. The van der Waals surface area contributed by atoms with Crippen molar-refractivity contribution in [3.05, 3.63) is 39.7 Å². The molecule has 0 bridgehead atoms. The molecule has 0 aromatic heterocycles. The Morgan fingerprint density at radius 2 is 2.06 bits per heavy atom. The molecule has 98 valence electrons. The maximum atomic E-state index is 12.9. The summed E-state index contributed by atoms with van der Waals surface area (Å²) in [5.41, 5.74) is -0.942. The van der Waals surface area contributed by atoms with Crippen molar-refractivity contribution in [2.45, 2.75) is 32.8 Å². The van der Waals surface area contributed by atoms with Crippen LogP contribution >= 0.6 is 0 Å². The first kappa shape index (κ1) is 14.1. The van der Waals surface area contributed by atoms with Gasteiger partial charge in [0.2, 0.25) is 0 Å². The van der Waals surface area contributed by atoms with Crippen LogP contribution < -0.4 is 0 Å². The third-order valence-corrected chi connectivity index (χ3v) is 2.00. The van der Waals surface area contributed by atoms with Gasteiger partial charge in [-0.05, 0) is 32.9 Å². The van der Waals surface area contributed by atoms with Crippen molar-refractivity contribution in [2.24, 2.45) is 0 Å². The molecule has 0 amide bonds. The Kier molecular flexibility index (Phi) is 4.00. The Bertz CT molecular complexity index is 479. The fraction of sp³-hybridized carbons (Fsp3) is 0.417. The number of hydrogen-bond acceptors (Lipinski definition) is 4. The summed E-state index contributed by atoms with van der Waals surface area (Å²) in [4.78, 5) is 21.6. The molecule has 0 unspecified atom stereocenters. The normalized spacial score (nSPS) is 11.1. The third-order valence-electron chi connectivity index (χ3n) is 2.00. The zero-order valence-corrected chi connectivity index (χ0v) is 10.4. The zero-order valence-electron chi connectivity index (χ0n) is 10.4. The van der Waals surface area contributed by atoms with Gasteiger partial charge in [0.1, 0.15) is 11.4 Å². The van der Waals surface area contributed by atoms with Crippen LogP contribution in [-0.4, -0.2) is 16.5 Å². The van der Waals surface area contributed by atoms with E-state index >= 15 is 0 Å². The summed E-state index contributed by atoms with van der Waals surface area (Å²) in [6.07, 6.45) is -0.256. The summed E-state index contributed by atoms with van der Waals surface area (Å²) in [7, 11) is 0.